The summed E-state index contributed by atoms with van der Waals surface area (Å²) < 4.78 is 4.77. The molecule has 2 rings (SSSR count). The molecule has 1 aromatic carbocycles. The Morgan fingerprint density at radius 2 is 1.71 bits per heavy atom. The number of esters is 1. The second-order valence-electron chi connectivity index (χ2n) is 7.33. The summed E-state index contributed by atoms with van der Waals surface area (Å²) in [5.74, 6) is -0.247. The van der Waals surface area contributed by atoms with Crippen molar-refractivity contribution in [3.05, 3.63) is 41.5 Å². The number of amides is 1. The normalized spacial score (nSPS) is 16.4. The second-order valence-corrected chi connectivity index (χ2v) is 7.33. The maximum absolute atomic E-state index is 12.3. The minimum atomic E-state index is -0.170. The second kappa shape index (κ2) is 7.65. The SMILES string of the molecule is COC(=O)C1CCN(C(=O)/C=C/c2ccc(C(C)(C)C)cc2)CC1. The zero-order valence-electron chi connectivity index (χ0n) is 15.0. The minimum absolute atomic E-state index is 0.00165. The van der Waals surface area contributed by atoms with Crippen LogP contribution in [0.15, 0.2) is 30.3 Å². The van der Waals surface area contributed by atoms with Gasteiger partial charge in [-0.25, -0.2) is 0 Å². The number of nitrogens with zero attached hydrogens (tertiary/aromatic N) is 1. The van der Waals surface area contributed by atoms with Crippen molar-refractivity contribution in [1.29, 1.82) is 0 Å². The largest absolute Gasteiger partial charge is 0.469 e. The Kier molecular flexibility index (Phi) is 5.81. The lowest BCUT2D eigenvalue weighted by molar-refractivity contribution is -0.148. The topological polar surface area (TPSA) is 46.6 Å². The molecule has 4 heteroatoms. The van der Waals surface area contributed by atoms with Crippen LogP contribution in [-0.4, -0.2) is 37.0 Å². The lowest BCUT2D eigenvalue weighted by Gasteiger charge is -2.29. The number of carbonyl (C=O) groups excluding carboxylic acids is 2. The summed E-state index contributed by atoms with van der Waals surface area (Å²) in [6.07, 6.45) is 4.81. The molecule has 4 nitrogen and oxygen atoms in total. The van der Waals surface area contributed by atoms with E-state index < -0.39 is 0 Å². The van der Waals surface area contributed by atoms with Gasteiger partial charge in [0, 0.05) is 19.2 Å². The molecular weight excluding hydrogens is 302 g/mol. The maximum atomic E-state index is 12.3. The molecular formula is C20H27NO3. The predicted octanol–water partition coefficient (Wildman–Crippen LogP) is 3.41. The third-order valence-electron chi connectivity index (χ3n) is 4.54. The van der Waals surface area contributed by atoms with E-state index in [-0.39, 0.29) is 23.2 Å². The Hall–Kier alpha value is -2.10. The average molecular weight is 329 g/mol. The molecule has 0 N–H and O–H groups in total. The van der Waals surface area contributed by atoms with Crippen LogP contribution < -0.4 is 0 Å². The first kappa shape index (κ1) is 18.2. The molecule has 0 radical (unpaired) electrons. The molecule has 0 aromatic heterocycles. The monoisotopic (exact) mass is 329 g/mol. The Balaban J connectivity index is 1.91. The van der Waals surface area contributed by atoms with E-state index in [1.165, 1.54) is 12.7 Å². The van der Waals surface area contributed by atoms with Gasteiger partial charge in [-0.15, -0.1) is 0 Å². The first-order chi connectivity index (χ1) is 11.3. The highest BCUT2D eigenvalue weighted by molar-refractivity contribution is 5.92. The van der Waals surface area contributed by atoms with Crippen LogP contribution in [0.5, 0.6) is 0 Å². The van der Waals surface area contributed by atoms with Crippen LogP contribution in [-0.2, 0) is 19.7 Å². The molecule has 1 aliphatic rings. The maximum Gasteiger partial charge on any atom is 0.308 e. The lowest BCUT2D eigenvalue weighted by atomic mass is 9.87. The van der Waals surface area contributed by atoms with Crippen molar-refractivity contribution in [1.82, 2.24) is 4.90 Å². The van der Waals surface area contributed by atoms with Crippen LogP contribution >= 0.6 is 0 Å². The first-order valence-electron chi connectivity index (χ1n) is 8.46. The van der Waals surface area contributed by atoms with Crippen LogP contribution in [0, 0.1) is 5.92 Å². The molecule has 0 bridgehead atoms. The molecule has 0 spiro atoms. The number of rotatable bonds is 3. The van der Waals surface area contributed by atoms with Gasteiger partial charge < -0.3 is 9.64 Å². The quantitative estimate of drug-likeness (QED) is 0.631. The van der Waals surface area contributed by atoms with Gasteiger partial charge in [-0.3, -0.25) is 9.59 Å². The van der Waals surface area contributed by atoms with Crippen molar-refractivity contribution < 1.29 is 14.3 Å². The first-order valence-corrected chi connectivity index (χ1v) is 8.46. The Morgan fingerprint density at radius 3 is 2.21 bits per heavy atom. The number of ether oxygens (including phenoxy) is 1. The molecule has 24 heavy (non-hydrogen) atoms. The molecule has 0 saturated carbocycles. The zero-order valence-corrected chi connectivity index (χ0v) is 15.0. The molecule has 0 aliphatic carbocycles. The van der Waals surface area contributed by atoms with E-state index in [9.17, 15) is 9.59 Å². The molecule has 1 saturated heterocycles. The van der Waals surface area contributed by atoms with Crippen LogP contribution in [0.2, 0.25) is 0 Å². The van der Waals surface area contributed by atoms with Crippen molar-refractivity contribution in [2.24, 2.45) is 5.92 Å². The van der Waals surface area contributed by atoms with E-state index >= 15 is 0 Å². The van der Waals surface area contributed by atoms with Gasteiger partial charge in [-0.05, 0) is 35.5 Å². The summed E-state index contributed by atoms with van der Waals surface area (Å²) in [6.45, 7) is 7.75. The van der Waals surface area contributed by atoms with E-state index in [0.29, 0.717) is 25.9 Å². The van der Waals surface area contributed by atoms with Gasteiger partial charge in [-0.1, -0.05) is 45.0 Å². The van der Waals surface area contributed by atoms with E-state index in [4.69, 9.17) is 4.74 Å². The van der Waals surface area contributed by atoms with Gasteiger partial charge >= 0.3 is 5.97 Å². The molecule has 1 fully saturated rings. The summed E-state index contributed by atoms with van der Waals surface area (Å²) in [6, 6.07) is 8.28. The third kappa shape index (κ3) is 4.70. The van der Waals surface area contributed by atoms with Gasteiger partial charge in [0.25, 0.3) is 0 Å². The van der Waals surface area contributed by atoms with Crippen LogP contribution in [0.4, 0.5) is 0 Å². The van der Waals surface area contributed by atoms with Crippen molar-refractivity contribution in [2.45, 2.75) is 39.0 Å². The summed E-state index contributed by atoms with van der Waals surface area (Å²) in [7, 11) is 1.41. The van der Waals surface area contributed by atoms with Crippen molar-refractivity contribution >= 4 is 18.0 Å². The van der Waals surface area contributed by atoms with Crippen LogP contribution in [0.1, 0.15) is 44.7 Å². The average Bonchev–Trinajstić information content (AvgIpc) is 2.58. The molecule has 1 aromatic rings. The summed E-state index contributed by atoms with van der Waals surface area (Å²) in [5.41, 5.74) is 2.42. The molecule has 0 atom stereocenters. The van der Waals surface area contributed by atoms with Gasteiger partial charge in [0.1, 0.15) is 0 Å². The zero-order chi connectivity index (χ0) is 17.7. The Morgan fingerprint density at radius 1 is 1.12 bits per heavy atom. The van der Waals surface area contributed by atoms with Crippen LogP contribution in [0.3, 0.4) is 0 Å². The Labute approximate surface area is 144 Å². The number of piperidine rings is 1. The third-order valence-corrected chi connectivity index (χ3v) is 4.54. The van der Waals surface area contributed by atoms with Gasteiger partial charge in [0.15, 0.2) is 0 Å². The smallest absolute Gasteiger partial charge is 0.308 e. The van der Waals surface area contributed by atoms with E-state index in [1.807, 2.05) is 18.2 Å². The van der Waals surface area contributed by atoms with E-state index in [2.05, 4.69) is 32.9 Å². The number of carbonyl (C=O) groups is 2. The van der Waals surface area contributed by atoms with Crippen LogP contribution in [0.25, 0.3) is 6.08 Å². The fourth-order valence-electron chi connectivity index (χ4n) is 2.87. The van der Waals surface area contributed by atoms with E-state index in [1.54, 1.807) is 11.0 Å². The van der Waals surface area contributed by atoms with Gasteiger partial charge in [0.2, 0.25) is 5.91 Å². The molecule has 130 valence electrons. The lowest BCUT2D eigenvalue weighted by Crippen LogP contribution is -2.39. The Bertz CT molecular complexity index is 603. The molecule has 0 unspecified atom stereocenters. The molecule has 1 aliphatic heterocycles. The number of benzene rings is 1. The summed E-state index contributed by atoms with van der Waals surface area (Å²) >= 11 is 0. The van der Waals surface area contributed by atoms with Crippen molar-refractivity contribution in [3.63, 3.8) is 0 Å². The molecule has 1 amide bonds. The predicted molar refractivity (Wildman–Crippen MR) is 95.5 cm³/mol. The number of methoxy groups -OCH3 is 1. The van der Waals surface area contributed by atoms with Gasteiger partial charge in [-0.2, -0.15) is 0 Å². The summed E-state index contributed by atoms with van der Waals surface area (Å²) in [5, 5.41) is 0. The fraction of sp³-hybridized carbons (Fsp3) is 0.500. The number of hydrogen-bond acceptors (Lipinski definition) is 3. The highest BCUT2D eigenvalue weighted by atomic mass is 16.5. The van der Waals surface area contributed by atoms with E-state index in [0.717, 1.165) is 5.56 Å². The highest BCUT2D eigenvalue weighted by Crippen LogP contribution is 2.23. The summed E-state index contributed by atoms with van der Waals surface area (Å²) in [4.78, 5) is 25.6. The number of likely N-dealkylation sites (tertiary alicyclic amines) is 1. The van der Waals surface area contributed by atoms with Gasteiger partial charge in [0.05, 0.1) is 13.0 Å². The molecule has 1 heterocycles. The highest BCUT2D eigenvalue weighted by Gasteiger charge is 2.26. The standard InChI is InChI=1S/C20H27NO3/c1-20(2,3)17-8-5-15(6-9-17)7-10-18(22)21-13-11-16(12-14-21)19(23)24-4/h5-10,16H,11-14H2,1-4H3/b10-7+. The fourth-order valence-corrected chi connectivity index (χ4v) is 2.87. The minimum Gasteiger partial charge on any atom is -0.469 e. The number of hydrogen-bond donors (Lipinski definition) is 0. The van der Waals surface area contributed by atoms with Crippen molar-refractivity contribution in [2.75, 3.05) is 20.2 Å². The van der Waals surface area contributed by atoms with Crippen molar-refractivity contribution in [3.8, 4) is 0 Å².